The summed E-state index contributed by atoms with van der Waals surface area (Å²) in [6.07, 6.45) is 3.92. The molecule has 0 bridgehead atoms. The number of halogens is 1. The first-order chi connectivity index (χ1) is 13.6. The monoisotopic (exact) mass is 385 g/mol. The number of hydrogen-bond donors (Lipinski definition) is 0. The molecule has 1 aromatic carbocycles. The van der Waals surface area contributed by atoms with E-state index in [1.165, 1.54) is 18.9 Å². The molecular weight excluding hydrogens is 361 g/mol. The van der Waals surface area contributed by atoms with Crippen LogP contribution in [-0.2, 0) is 11.4 Å². The van der Waals surface area contributed by atoms with Crippen molar-refractivity contribution in [3.63, 3.8) is 0 Å². The zero-order valence-corrected chi connectivity index (χ0v) is 16.0. The van der Waals surface area contributed by atoms with E-state index in [1.807, 2.05) is 22.5 Å². The van der Waals surface area contributed by atoms with Gasteiger partial charge in [0.1, 0.15) is 6.10 Å². The first-order valence-corrected chi connectivity index (χ1v) is 10.0. The van der Waals surface area contributed by atoms with E-state index in [2.05, 4.69) is 4.98 Å². The Balaban J connectivity index is 1.40. The molecule has 0 unspecified atom stereocenters. The van der Waals surface area contributed by atoms with Crippen molar-refractivity contribution < 1.29 is 18.7 Å². The smallest absolute Gasteiger partial charge is 0.291 e. The van der Waals surface area contributed by atoms with Crippen LogP contribution in [0.1, 0.15) is 42.0 Å². The molecule has 7 heteroatoms. The van der Waals surface area contributed by atoms with Crippen molar-refractivity contribution in [2.24, 2.45) is 5.92 Å². The molecular formula is C21H24FN3O3. The summed E-state index contributed by atoms with van der Waals surface area (Å²) < 4.78 is 27.8. The van der Waals surface area contributed by atoms with Gasteiger partial charge in [-0.25, -0.2) is 9.37 Å². The van der Waals surface area contributed by atoms with Gasteiger partial charge in [0.05, 0.1) is 31.3 Å². The van der Waals surface area contributed by atoms with Gasteiger partial charge < -0.3 is 18.9 Å². The molecule has 148 valence electrons. The van der Waals surface area contributed by atoms with Crippen LogP contribution in [0.4, 0.5) is 4.39 Å². The number of aromatic nitrogens is 2. The number of amides is 1. The maximum Gasteiger partial charge on any atom is 0.291 e. The summed E-state index contributed by atoms with van der Waals surface area (Å²) in [6.45, 7) is 4.44. The lowest BCUT2D eigenvalue weighted by molar-refractivity contribution is 0.0240. The van der Waals surface area contributed by atoms with E-state index in [1.54, 1.807) is 6.07 Å². The van der Waals surface area contributed by atoms with Crippen LogP contribution in [0.5, 0.6) is 5.75 Å². The molecule has 1 saturated carbocycles. The normalized spacial score (nSPS) is 19.9. The van der Waals surface area contributed by atoms with E-state index >= 15 is 0 Å². The van der Waals surface area contributed by atoms with Crippen LogP contribution >= 0.6 is 0 Å². The number of ether oxygens (including phenoxy) is 2. The number of benzene rings is 1. The quantitative estimate of drug-likeness (QED) is 0.792. The SMILES string of the molecule is Cc1nc2n(c1-c1ccc(OC3CCOCC3)c(F)c1)CN(CC1CC1)C2=O. The third kappa shape index (κ3) is 3.17. The molecule has 0 radical (unpaired) electrons. The fraction of sp³-hybridized carbons (Fsp3) is 0.524. The lowest BCUT2D eigenvalue weighted by atomic mass is 10.1. The average Bonchev–Trinajstić information content (AvgIpc) is 3.38. The highest BCUT2D eigenvalue weighted by molar-refractivity contribution is 5.94. The van der Waals surface area contributed by atoms with Crippen LogP contribution in [0.2, 0.25) is 0 Å². The molecule has 1 saturated heterocycles. The van der Waals surface area contributed by atoms with Crippen LogP contribution in [0.15, 0.2) is 18.2 Å². The number of nitrogens with zero attached hydrogens (tertiary/aromatic N) is 3. The van der Waals surface area contributed by atoms with Crippen molar-refractivity contribution in [2.75, 3.05) is 19.8 Å². The van der Waals surface area contributed by atoms with Crippen molar-refractivity contribution in [3.05, 3.63) is 35.5 Å². The second kappa shape index (κ2) is 6.88. The highest BCUT2D eigenvalue weighted by Gasteiger charge is 2.36. The molecule has 3 heterocycles. The molecule has 0 N–H and O–H groups in total. The summed E-state index contributed by atoms with van der Waals surface area (Å²) in [5.74, 6) is 0.924. The van der Waals surface area contributed by atoms with Gasteiger partial charge >= 0.3 is 0 Å². The summed E-state index contributed by atoms with van der Waals surface area (Å²) in [7, 11) is 0. The molecule has 6 nitrogen and oxygen atoms in total. The minimum atomic E-state index is -0.391. The second-order valence-electron chi connectivity index (χ2n) is 7.98. The highest BCUT2D eigenvalue weighted by atomic mass is 19.1. The van der Waals surface area contributed by atoms with Gasteiger partial charge in [-0.15, -0.1) is 0 Å². The van der Waals surface area contributed by atoms with E-state index in [0.29, 0.717) is 37.2 Å². The minimum Gasteiger partial charge on any atom is -0.487 e. The topological polar surface area (TPSA) is 56.6 Å². The Hall–Kier alpha value is -2.41. The number of carbonyl (C=O) groups excluding carboxylic acids is 1. The van der Waals surface area contributed by atoms with Crippen LogP contribution in [0.25, 0.3) is 11.3 Å². The molecule has 2 aliphatic heterocycles. The molecule has 0 spiro atoms. The lowest BCUT2D eigenvalue weighted by Gasteiger charge is -2.23. The van der Waals surface area contributed by atoms with Crippen molar-refractivity contribution >= 4 is 5.91 Å². The van der Waals surface area contributed by atoms with E-state index in [9.17, 15) is 9.18 Å². The van der Waals surface area contributed by atoms with Gasteiger partial charge in [0.2, 0.25) is 5.82 Å². The summed E-state index contributed by atoms with van der Waals surface area (Å²) >= 11 is 0. The van der Waals surface area contributed by atoms with E-state index < -0.39 is 5.82 Å². The molecule has 1 aromatic heterocycles. The maximum atomic E-state index is 14.8. The minimum absolute atomic E-state index is 0.0105. The zero-order chi connectivity index (χ0) is 19.3. The van der Waals surface area contributed by atoms with Crippen molar-refractivity contribution in [1.29, 1.82) is 0 Å². The number of hydrogen-bond acceptors (Lipinski definition) is 4. The number of carbonyl (C=O) groups is 1. The maximum absolute atomic E-state index is 14.8. The third-order valence-corrected chi connectivity index (χ3v) is 5.78. The summed E-state index contributed by atoms with van der Waals surface area (Å²) in [5.41, 5.74) is 2.26. The van der Waals surface area contributed by atoms with Crippen LogP contribution < -0.4 is 4.74 Å². The summed E-state index contributed by atoms with van der Waals surface area (Å²) in [5, 5.41) is 0. The third-order valence-electron chi connectivity index (χ3n) is 5.78. The van der Waals surface area contributed by atoms with Gasteiger partial charge in [-0.1, -0.05) is 0 Å². The zero-order valence-electron chi connectivity index (χ0n) is 16.0. The largest absolute Gasteiger partial charge is 0.487 e. The standard InChI is InChI=1S/C21H24FN3O3/c1-13-19(25-12-24(11-14-2-3-14)21(26)20(25)23-13)15-4-5-18(17(22)10-15)28-16-6-8-27-9-7-16/h4-5,10,14,16H,2-3,6-9,11-12H2,1H3. The first-order valence-electron chi connectivity index (χ1n) is 10.0. The van der Waals surface area contributed by atoms with Gasteiger partial charge in [0.15, 0.2) is 11.6 Å². The van der Waals surface area contributed by atoms with Gasteiger partial charge in [0, 0.05) is 24.9 Å². The predicted octanol–water partition coefficient (Wildman–Crippen LogP) is 3.38. The number of imidazole rings is 1. The first kappa shape index (κ1) is 17.7. The molecule has 2 aromatic rings. The molecule has 3 aliphatic rings. The Kier molecular flexibility index (Phi) is 4.34. The molecule has 2 fully saturated rings. The Morgan fingerprint density at radius 1 is 1.25 bits per heavy atom. The van der Waals surface area contributed by atoms with Gasteiger partial charge in [0.25, 0.3) is 5.91 Å². The van der Waals surface area contributed by atoms with E-state index in [4.69, 9.17) is 9.47 Å². The van der Waals surface area contributed by atoms with E-state index in [-0.39, 0.29) is 17.8 Å². The van der Waals surface area contributed by atoms with Crippen LogP contribution in [-0.4, -0.2) is 46.2 Å². The Labute approximate surface area is 163 Å². The van der Waals surface area contributed by atoms with Crippen molar-refractivity contribution in [2.45, 2.75) is 45.4 Å². The van der Waals surface area contributed by atoms with Crippen molar-refractivity contribution in [3.8, 4) is 17.0 Å². The van der Waals surface area contributed by atoms with Gasteiger partial charge in [-0.05, 0) is 43.9 Å². The van der Waals surface area contributed by atoms with Crippen LogP contribution in [0.3, 0.4) is 0 Å². The molecule has 5 rings (SSSR count). The van der Waals surface area contributed by atoms with Gasteiger partial charge in [-0.3, -0.25) is 4.79 Å². The Bertz CT molecular complexity index is 916. The number of rotatable bonds is 5. The lowest BCUT2D eigenvalue weighted by Crippen LogP contribution is -2.27. The molecule has 0 atom stereocenters. The number of aryl methyl sites for hydroxylation is 1. The molecule has 1 amide bonds. The van der Waals surface area contributed by atoms with Crippen molar-refractivity contribution in [1.82, 2.24) is 14.5 Å². The molecule has 1 aliphatic carbocycles. The fourth-order valence-electron chi connectivity index (χ4n) is 4.09. The van der Waals surface area contributed by atoms with E-state index in [0.717, 1.165) is 30.8 Å². The predicted molar refractivity (Wildman–Crippen MR) is 101 cm³/mol. The summed E-state index contributed by atoms with van der Waals surface area (Å²) in [6, 6.07) is 5.02. The second-order valence-corrected chi connectivity index (χ2v) is 7.98. The Morgan fingerprint density at radius 2 is 2.04 bits per heavy atom. The van der Waals surface area contributed by atoms with Crippen LogP contribution in [0, 0.1) is 18.7 Å². The Morgan fingerprint density at radius 3 is 2.75 bits per heavy atom. The molecule has 28 heavy (non-hydrogen) atoms. The summed E-state index contributed by atoms with van der Waals surface area (Å²) in [4.78, 5) is 19.0. The number of fused-ring (bicyclic) bond motifs is 1. The highest BCUT2D eigenvalue weighted by Crippen LogP contribution is 2.35. The average molecular weight is 385 g/mol. The fourth-order valence-corrected chi connectivity index (χ4v) is 4.09. The van der Waals surface area contributed by atoms with Gasteiger partial charge in [-0.2, -0.15) is 0 Å².